The lowest BCUT2D eigenvalue weighted by Crippen LogP contribution is -2.32. The Kier molecular flexibility index (Phi) is 5.20. The molecule has 1 aromatic rings. The minimum absolute atomic E-state index is 0.170. The molecule has 0 unspecified atom stereocenters. The second-order valence-corrected chi connectivity index (χ2v) is 5.51. The highest BCUT2D eigenvalue weighted by Gasteiger charge is 2.21. The Morgan fingerprint density at radius 1 is 1.42 bits per heavy atom. The topological polar surface area (TPSA) is 42.0 Å². The predicted octanol–water partition coefficient (Wildman–Crippen LogP) is 3.33. The van der Waals surface area contributed by atoms with Crippen LogP contribution in [0.2, 0.25) is 0 Å². The van der Waals surface area contributed by atoms with Gasteiger partial charge in [0.1, 0.15) is 0 Å². The third-order valence-electron chi connectivity index (χ3n) is 3.92. The van der Waals surface area contributed by atoms with Crippen molar-refractivity contribution in [3.05, 3.63) is 29.1 Å². The molecule has 0 aliphatic heterocycles. The fraction of sp³-hybridized carbons (Fsp3) is 0.600. The lowest BCUT2D eigenvalue weighted by molar-refractivity contribution is -0.126. The average molecular weight is 281 g/mol. The van der Waals surface area contributed by atoms with Crippen LogP contribution in [-0.4, -0.2) is 10.9 Å². The van der Waals surface area contributed by atoms with Crippen LogP contribution in [0.1, 0.15) is 48.9 Å². The molecule has 3 nitrogen and oxygen atoms in total. The summed E-state index contributed by atoms with van der Waals surface area (Å²) in [5, 5.41) is 3.01. The van der Waals surface area contributed by atoms with E-state index in [1.807, 2.05) is 13.0 Å². The van der Waals surface area contributed by atoms with Crippen molar-refractivity contribution in [3.63, 3.8) is 0 Å². The van der Waals surface area contributed by atoms with Crippen molar-refractivity contribution < 1.29 is 4.79 Å². The number of alkyl halides is 1. The molecule has 1 amide bonds. The van der Waals surface area contributed by atoms with Gasteiger partial charge in [0.15, 0.2) is 0 Å². The van der Waals surface area contributed by atoms with Crippen molar-refractivity contribution in [2.45, 2.75) is 51.5 Å². The maximum absolute atomic E-state index is 12.1. The Morgan fingerprint density at radius 3 is 2.84 bits per heavy atom. The third-order valence-corrected chi connectivity index (χ3v) is 4.19. The van der Waals surface area contributed by atoms with Gasteiger partial charge in [0.2, 0.25) is 5.91 Å². The molecule has 1 N–H and O–H groups in total. The van der Waals surface area contributed by atoms with Crippen molar-refractivity contribution >= 4 is 17.5 Å². The van der Waals surface area contributed by atoms with E-state index in [-0.39, 0.29) is 11.8 Å². The molecule has 1 fully saturated rings. The van der Waals surface area contributed by atoms with E-state index in [9.17, 15) is 4.79 Å². The van der Waals surface area contributed by atoms with Gasteiger partial charge in [0.05, 0.1) is 12.2 Å². The Labute approximate surface area is 119 Å². The van der Waals surface area contributed by atoms with Crippen LogP contribution in [0.5, 0.6) is 0 Å². The number of hydrogen-bond acceptors (Lipinski definition) is 2. The van der Waals surface area contributed by atoms with Crippen molar-refractivity contribution in [3.8, 4) is 0 Å². The van der Waals surface area contributed by atoms with Crippen LogP contribution in [0.25, 0.3) is 0 Å². The van der Waals surface area contributed by atoms with E-state index in [0.717, 1.165) is 29.7 Å². The van der Waals surface area contributed by atoms with Crippen LogP contribution in [0.4, 0.5) is 0 Å². The van der Waals surface area contributed by atoms with Crippen LogP contribution < -0.4 is 5.32 Å². The normalized spacial score (nSPS) is 16.3. The molecule has 104 valence electrons. The van der Waals surface area contributed by atoms with Crippen LogP contribution in [0.3, 0.4) is 0 Å². The summed E-state index contributed by atoms with van der Waals surface area (Å²) in [6.07, 6.45) is 7.43. The number of aryl methyl sites for hydroxylation is 1. The zero-order chi connectivity index (χ0) is 13.7. The first-order valence-corrected chi connectivity index (χ1v) is 7.53. The van der Waals surface area contributed by atoms with Crippen LogP contribution in [0.15, 0.2) is 12.3 Å². The van der Waals surface area contributed by atoms with Crippen LogP contribution >= 0.6 is 11.6 Å². The highest BCUT2D eigenvalue weighted by molar-refractivity contribution is 6.17. The summed E-state index contributed by atoms with van der Waals surface area (Å²) in [4.78, 5) is 16.4. The zero-order valence-corrected chi connectivity index (χ0v) is 12.2. The molecule has 19 heavy (non-hydrogen) atoms. The molecule has 0 radical (unpaired) electrons. The highest BCUT2D eigenvalue weighted by atomic mass is 35.5. The Balaban J connectivity index is 1.94. The summed E-state index contributed by atoms with van der Waals surface area (Å²) in [6, 6.07) is 1.95. The van der Waals surface area contributed by atoms with Crippen molar-refractivity contribution in [2.75, 3.05) is 0 Å². The molecular weight excluding hydrogens is 260 g/mol. The van der Waals surface area contributed by atoms with Crippen LogP contribution in [0, 0.1) is 12.8 Å². The molecule has 0 spiro atoms. The molecule has 1 heterocycles. The zero-order valence-electron chi connectivity index (χ0n) is 11.4. The van der Waals surface area contributed by atoms with Gasteiger partial charge in [-0.3, -0.25) is 9.78 Å². The van der Waals surface area contributed by atoms with Gasteiger partial charge >= 0.3 is 0 Å². The Bertz CT molecular complexity index is 442. The number of carbonyl (C=O) groups is 1. The summed E-state index contributed by atoms with van der Waals surface area (Å²) in [7, 11) is 0. The lowest BCUT2D eigenvalue weighted by Gasteiger charge is -2.21. The van der Waals surface area contributed by atoms with Gasteiger partial charge in [-0.25, -0.2) is 0 Å². The number of carbonyl (C=O) groups excluding carboxylic acids is 1. The molecule has 0 bridgehead atoms. The van der Waals surface area contributed by atoms with E-state index >= 15 is 0 Å². The number of hydrogen-bond donors (Lipinski definition) is 1. The largest absolute Gasteiger partial charge is 0.350 e. The summed E-state index contributed by atoms with van der Waals surface area (Å²) in [6.45, 7) is 2.50. The highest BCUT2D eigenvalue weighted by Crippen LogP contribution is 2.23. The fourth-order valence-corrected chi connectivity index (χ4v) is 3.02. The summed E-state index contributed by atoms with van der Waals surface area (Å²) in [5.41, 5.74) is 3.05. The molecule has 0 saturated heterocycles. The van der Waals surface area contributed by atoms with E-state index in [1.54, 1.807) is 6.20 Å². The summed E-state index contributed by atoms with van der Waals surface area (Å²) in [5.74, 6) is 0.801. The number of aromatic nitrogens is 1. The Morgan fingerprint density at radius 2 is 2.16 bits per heavy atom. The number of halogens is 1. The minimum atomic E-state index is 0.170. The van der Waals surface area contributed by atoms with Gasteiger partial charge in [-0.1, -0.05) is 19.3 Å². The van der Waals surface area contributed by atoms with Crippen molar-refractivity contribution in [1.29, 1.82) is 0 Å². The summed E-state index contributed by atoms with van der Waals surface area (Å²) < 4.78 is 0. The van der Waals surface area contributed by atoms with Crippen LogP contribution in [-0.2, 0) is 17.2 Å². The molecule has 4 heteroatoms. The second-order valence-electron chi connectivity index (χ2n) is 5.24. The first-order valence-electron chi connectivity index (χ1n) is 6.99. The van der Waals surface area contributed by atoms with Crippen molar-refractivity contribution in [2.24, 2.45) is 5.92 Å². The van der Waals surface area contributed by atoms with E-state index in [4.69, 9.17) is 11.6 Å². The molecule has 2 rings (SSSR count). The molecule has 0 aromatic carbocycles. The standard InChI is InChI=1S/C15H21ClN2O/c1-11-7-8-17-14(13(11)9-16)10-18-15(19)12-5-3-2-4-6-12/h7-8,12H,2-6,9-10H2,1H3,(H,18,19). The third kappa shape index (κ3) is 3.69. The monoisotopic (exact) mass is 280 g/mol. The summed E-state index contributed by atoms with van der Waals surface area (Å²) >= 11 is 5.95. The quantitative estimate of drug-likeness (QED) is 0.860. The van der Waals surface area contributed by atoms with E-state index in [2.05, 4.69) is 10.3 Å². The smallest absolute Gasteiger partial charge is 0.223 e. The van der Waals surface area contributed by atoms with Gasteiger partial charge in [0, 0.05) is 18.0 Å². The van der Waals surface area contributed by atoms with Gasteiger partial charge in [-0.05, 0) is 37.0 Å². The first-order chi connectivity index (χ1) is 9.22. The minimum Gasteiger partial charge on any atom is -0.350 e. The maximum Gasteiger partial charge on any atom is 0.223 e. The van der Waals surface area contributed by atoms with Gasteiger partial charge in [0.25, 0.3) is 0 Å². The molecule has 1 aliphatic carbocycles. The van der Waals surface area contributed by atoms with Gasteiger partial charge in [-0.15, -0.1) is 11.6 Å². The number of nitrogens with zero attached hydrogens (tertiary/aromatic N) is 1. The number of rotatable bonds is 4. The Hall–Kier alpha value is -1.09. The van der Waals surface area contributed by atoms with E-state index in [1.165, 1.54) is 19.3 Å². The average Bonchev–Trinajstić information content (AvgIpc) is 2.45. The van der Waals surface area contributed by atoms with E-state index < -0.39 is 0 Å². The number of nitrogens with one attached hydrogen (secondary N) is 1. The lowest BCUT2D eigenvalue weighted by atomic mass is 9.88. The molecule has 1 aliphatic rings. The fourth-order valence-electron chi connectivity index (χ4n) is 2.66. The first kappa shape index (κ1) is 14.3. The maximum atomic E-state index is 12.1. The van der Waals surface area contributed by atoms with E-state index in [0.29, 0.717) is 12.4 Å². The predicted molar refractivity (Wildman–Crippen MR) is 77.0 cm³/mol. The van der Waals surface area contributed by atoms with Crippen molar-refractivity contribution in [1.82, 2.24) is 10.3 Å². The number of pyridine rings is 1. The van der Waals surface area contributed by atoms with Gasteiger partial charge in [-0.2, -0.15) is 0 Å². The SMILES string of the molecule is Cc1ccnc(CNC(=O)C2CCCCC2)c1CCl. The number of amides is 1. The molecule has 1 aromatic heterocycles. The van der Waals surface area contributed by atoms with Gasteiger partial charge < -0.3 is 5.32 Å². The molecule has 0 atom stereocenters. The molecular formula is C15H21ClN2O. The second kappa shape index (κ2) is 6.90. The molecule has 1 saturated carbocycles.